The van der Waals surface area contributed by atoms with E-state index in [1.54, 1.807) is 31.2 Å². The zero-order valence-electron chi connectivity index (χ0n) is 10.4. The Morgan fingerprint density at radius 1 is 1.37 bits per heavy atom. The van der Waals surface area contributed by atoms with Gasteiger partial charge in [-0.3, -0.25) is 9.59 Å². The maximum atomic E-state index is 11.8. The first-order valence-corrected chi connectivity index (χ1v) is 5.82. The van der Waals surface area contributed by atoms with Crippen LogP contribution in [0.5, 0.6) is 5.75 Å². The van der Waals surface area contributed by atoms with E-state index in [4.69, 9.17) is 0 Å². The van der Waals surface area contributed by atoms with E-state index in [2.05, 4.69) is 10.3 Å². The normalized spacial score (nSPS) is 10.2. The summed E-state index contributed by atoms with van der Waals surface area (Å²) in [6.07, 6.45) is 1.39. The van der Waals surface area contributed by atoms with Gasteiger partial charge < -0.3 is 15.4 Å². The van der Waals surface area contributed by atoms with Crippen molar-refractivity contribution in [3.63, 3.8) is 0 Å². The highest BCUT2D eigenvalue weighted by Gasteiger charge is 2.10. The molecular weight excluding hydrogens is 244 g/mol. The summed E-state index contributed by atoms with van der Waals surface area (Å²) in [7, 11) is 0. The average Bonchev–Trinajstić information content (AvgIpc) is 2.37. The second-order valence-corrected chi connectivity index (χ2v) is 4.21. The second-order valence-electron chi connectivity index (χ2n) is 4.21. The Hall–Kier alpha value is -2.56. The van der Waals surface area contributed by atoms with Crippen LogP contribution in [0.2, 0.25) is 0 Å². The predicted molar refractivity (Wildman–Crippen MR) is 71.1 cm³/mol. The number of aromatic nitrogens is 1. The highest BCUT2D eigenvalue weighted by molar-refractivity contribution is 5.93. The van der Waals surface area contributed by atoms with Crippen LogP contribution in [0.1, 0.15) is 21.6 Å². The van der Waals surface area contributed by atoms with Crippen LogP contribution in [0.3, 0.4) is 0 Å². The summed E-state index contributed by atoms with van der Waals surface area (Å²) in [5.41, 5.74) is 1.02. The summed E-state index contributed by atoms with van der Waals surface area (Å²) >= 11 is 0. The van der Waals surface area contributed by atoms with Crippen LogP contribution >= 0.6 is 0 Å². The van der Waals surface area contributed by atoms with Crippen LogP contribution in [-0.2, 0) is 6.54 Å². The van der Waals surface area contributed by atoms with Crippen molar-refractivity contribution < 1.29 is 9.90 Å². The topological polar surface area (TPSA) is 82.2 Å². The van der Waals surface area contributed by atoms with Crippen molar-refractivity contribution in [2.75, 3.05) is 0 Å². The van der Waals surface area contributed by atoms with Crippen LogP contribution in [0.4, 0.5) is 0 Å². The predicted octanol–water partition coefficient (Wildman–Crippen LogP) is 1.32. The maximum absolute atomic E-state index is 11.8. The van der Waals surface area contributed by atoms with Gasteiger partial charge in [0, 0.05) is 30.1 Å². The smallest absolute Gasteiger partial charge is 0.257 e. The lowest BCUT2D eigenvalue weighted by Gasteiger charge is -2.06. The number of hydrogen-bond acceptors (Lipinski definition) is 3. The van der Waals surface area contributed by atoms with Crippen molar-refractivity contribution in [1.29, 1.82) is 0 Å². The SMILES string of the molecule is Cc1cc(=O)c(C(=O)NCc2ccccc2O)c[nH]1. The van der Waals surface area contributed by atoms with Gasteiger partial charge in [0.15, 0.2) is 5.43 Å². The molecule has 5 heteroatoms. The molecule has 5 nitrogen and oxygen atoms in total. The molecule has 1 aromatic carbocycles. The highest BCUT2D eigenvalue weighted by atomic mass is 16.3. The number of carbonyl (C=O) groups excluding carboxylic acids is 1. The lowest BCUT2D eigenvalue weighted by atomic mass is 10.2. The molecule has 0 fully saturated rings. The number of amides is 1. The van der Waals surface area contributed by atoms with Gasteiger partial charge >= 0.3 is 0 Å². The van der Waals surface area contributed by atoms with Gasteiger partial charge in [0.05, 0.1) is 0 Å². The van der Waals surface area contributed by atoms with E-state index in [-0.39, 0.29) is 23.3 Å². The summed E-state index contributed by atoms with van der Waals surface area (Å²) in [5.74, 6) is -0.356. The van der Waals surface area contributed by atoms with Gasteiger partial charge in [-0.05, 0) is 13.0 Å². The van der Waals surface area contributed by atoms with E-state index in [1.807, 2.05) is 0 Å². The van der Waals surface area contributed by atoms with Crippen molar-refractivity contribution in [3.05, 3.63) is 63.6 Å². The number of aryl methyl sites for hydroxylation is 1. The highest BCUT2D eigenvalue weighted by Crippen LogP contribution is 2.14. The first-order chi connectivity index (χ1) is 9.08. The number of rotatable bonds is 3. The third-order valence-electron chi connectivity index (χ3n) is 2.73. The Balaban J connectivity index is 2.10. The fourth-order valence-corrected chi connectivity index (χ4v) is 1.68. The fourth-order valence-electron chi connectivity index (χ4n) is 1.68. The molecule has 0 spiro atoms. The van der Waals surface area contributed by atoms with Crippen molar-refractivity contribution >= 4 is 5.91 Å². The van der Waals surface area contributed by atoms with E-state index < -0.39 is 5.91 Å². The number of phenolic OH excluding ortho intramolecular Hbond substituents is 1. The van der Waals surface area contributed by atoms with Gasteiger partial charge in [-0.2, -0.15) is 0 Å². The van der Waals surface area contributed by atoms with Crippen LogP contribution in [0.25, 0.3) is 0 Å². The molecule has 1 heterocycles. The number of nitrogens with one attached hydrogen (secondary N) is 2. The standard InChI is InChI=1S/C14H14N2O3/c1-9-6-13(18)11(8-15-9)14(19)16-7-10-4-2-3-5-12(10)17/h2-6,8,17H,7H2,1H3,(H,15,18)(H,16,19). The van der Waals surface area contributed by atoms with Gasteiger partial charge in [-0.25, -0.2) is 0 Å². The number of aromatic amines is 1. The number of pyridine rings is 1. The molecule has 98 valence electrons. The molecule has 3 N–H and O–H groups in total. The third-order valence-corrected chi connectivity index (χ3v) is 2.73. The van der Waals surface area contributed by atoms with Gasteiger partial charge in [-0.1, -0.05) is 18.2 Å². The Bertz CT molecular complexity index is 662. The molecular formula is C14H14N2O3. The molecule has 0 atom stereocenters. The minimum Gasteiger partial charge on any atom is -0.508 e. The van der Waals surface area contributed by atoms with Gasteiger partial charge in [-0.15, -0.1) is 0 Å². The minimum absolute atomic E-state index is 0.0565. The van der Waals surface area contributed by atoms with Gasteiger partial charge in [0.25, 0.3) is 5.91 Å². The summed E-state index contributed by atoms with van der Waals surface area (Å²) in [5, 5.41) is 12.2. The van der Waals surface area contributed by atoms with Gasteiger partial charge in [0.1, 0.15) is 11.3 Å². The Morgan fingerprint density at radius 3 is 2.79 bits per heavy atom. The first-order valence-electron chi connectivity index (χ1n) is 5.82. The summed E-state index contributed by atoms with van der Waals surface area (Å²) in [6.45, 7) is 1.91. The quantitative estimate of drug-likeness (QED) is 0.776. The molecule has 0 saturated heterocycles. The molecule has 0 saturated carbocycles. The van der Waals surface area contributed by atoms with Crippen LogP contribution in [-0.4, -0.2) is 16.0 Å². The third kappa shape index (κ3) is 3.01. The monoisotopic (exact) mass is 258 g/mol. The van der Waals surface area contributed by atoms with E-state index in [1.165, 1.54) is 12.3 Å². The molecule has 1 aromatic heterocycles. The van der Waals surface area contributed by atoms with Crippen molar-refractivity contribution in [1.82, 2.24) is 10.3 Å². The molecule has 0 aliphatic heterocycles. The van der Waals surface area contributed by atoms with Crippen LogP contribution in [0, 0.1) is 6.92 Å². The molecule has 0 unspecified atom stereocenters. The minimum atomic E-state index is -0.468. The lowest BCUT2D eigenvalue weighted by molar-refractivity contribution is 0.0949. The molecule has 0 radical (unpaired) electrons. The number of para-hydroxylation sites is 1. The van der Waals surface area contributed by atoms with Crippen LogP contribution < -0.4 is 10.7 Å². The van der Waals surface area contributed by atoms with Crippen molar-refractivity contribution in [3.8, 4) is 5.75 Å². The molecule has 2 aromatic rings. The number of hydrogen-bond donors (Lipinski definition) is 3. The molecule has 0 aliphatic carbocycles. The largest absolute Gasteiger partial charge is 0.508 e. The molecule has 1 amide bonds. The van der Waals surface area contributed by atoms with E-state index in [0.717, 1.165) is 0 Å². The average molecular weight is 258 g/mol. The Kier molecular flexibility index (Phi) is 3.66. The summed E-state index contributed by atoms with van der Waals surface area (Å²) in [6, 6.07) is 8.08. The second kappa shape index (κ2) is 5.39. The van der Waals surface area contributed by atoms with E-state index in [9.17, 15) is 14.7 Å². The number of phenols is 1. The Labute approximate surface area is 109 Å². The Morgan fingerprint density at radius 2 is 2.11 bits per heavy atom. The van der Waals surface area contributed by atoms with E-state index in [0.29, 0.717) is 11.3 Å². The summed E-state index contributed by atoms with van der Waals surface area (Å²) < 4.78 is 0. The number of H-pyrrole nitrogens is 1. The molecule has 0 aliphatic rings. The van der Waals surface area contributed by atoms with Crippen molar-refractivity contribution in [2.45, 2.75) is 13.5 Å². The van der Waals surface area contributed by atoms with Gasteiger partial charge in [0.2, 0.25) is 0 Å². The molecule has 19 heavy (non-hydrogen) atoms. The van der Waals surface area contributed by atoms with Crippen molar-refractivity contribution in [2.24, 2.45) is 0 Å². The molecule has 2 rings (SSSR count). The first kappa shape index (κ1) is 12.9. The zero-order valence-corrected chi connectivity index (χ0v) is 10.4. The fraction of sp³-hybridized carbons (Fsp3) is 0.143. The maximum Gasteiger partial charge on any atom is 0.257 e. The van der Waals surface area contributed by atoms with E-state index >= 15 is 0 Å². The van der Waals surface area contributed by atoms with Crippen LogP contribution in [0.15, 0.2) is 41.3 Å². The number of aromatic hydroxyl groups is 1. The number of benzene rings is 1. The lowest BCUT2D eigenvalue weighted by Crippen LogP contribution is -2.28. The summed E-state index contributed by atoms with van der Waals surface area (Å²) in [4.78, 5) is 26.3. The zero-order chi connectivity index (χ0) is 13.8. The number of carbonyl (C=O) groups is 1. The molecule has 0 bridgehead atoms.